The summed E-state index contributed by atoms with van der Waals surface area (Å²) in [6.45, 7) is 2.27. The van der Waals surface area contributed by atoms with E-state index in [1.165, 1.54) is 24.0 Å². The van der Waals surface area contributed by atoms with Gasteiger partial charge >= 0.3 is 0 Å². The van der Waals surface area contributed by atoms with Crippen LogP contribution < -0.4 is 0 Å². The molecule has 0 heterocycles. The van der Waals surface area contributed by atoms with Crippen LogP contribution in [0.3, 0.4) is 0 Å². The summed E-state index contributed by atoms with van der Waals surface area (Å²) in [5.41, 5.74) is 3.64. The predicted octanol–water partition coefficient (Wildman–Crippen LogP) is 3.00. The van der Waals surface area contributed by atoms with Crippen LogP contribution in [0.15, 0.2) is 18.2 Å². The van der Waals surface area contributed by atoms with Gasteiger partial charge in [0, 0.05) is 0 Å². The minimum absolute atomic E-state index is 0.677. The Bertz CT molecular complexity index is 360. The van der Waals surface area contributed by atoms with Gasteiger partial charge in [-0.3, -0.25) is 0 Å². The number of nitrogens with zero attached hydrogens (tertiary/aromatic N) is 1. The van der Waals surface area contributed by atoms with Gasteiger partial charge in [0.1, 0.15) is 0 Å². The van der Waals surface area contributed by atoms with E-state index in [9.17, 15) is 0 Å². The van der Waals surface area contributed by atoms with Gasteiger partial charge in [-0.1, -0.05) is 13.0 Å². The highest BCUT2D eigenvalue weighted by Gasteiger charge is 2.15. The fourth-order valence-electron chi connectivity index (χ4n) is 2.13. The van der Waals surface area contributed by atoms with E-state index in [0.29, 0.717) is 5.92 Å². The van der Waals surface area contributed by atoms with Crippen molar-refractivity contribution >= 4 is 0 Å². The normalized spacial score (nSPS) is 20.5. The van der Waals surface area contributed by atoms with Crippen molar-refractivity contribution in [3.63, 3.8) is 0 Å². The molecule has 0 spiro atoms. The first-order chi connectivity index (χ1) is 6.31. The maximum absolute atomic E-state index is 8.76. The van der Waals surface area contributed by atoms with Crippen LogP contribution in [0.1, 0.15) is 42.4 Å². The summed E-state index contributed by atoms with van der Waals surface area (Å²) in [5.74, 6) is 0.677. The predicted molar refractivity (Wildman–Crippen MR) is 52.5 cm³/mol. The summed E-state index contributed by atoms with van der Waals surface area (Å²) in [5, 5.41) is 8.76. The third-order valence-electron chi connectivity index (χ3n) is 2.89. The van der Waals surface area contributed by atoms with E-state index in [0.717, 1.165) is 12.0 Å². The van der Waals surface area contributed by atoms with Crippen LogP contribution in [-0.2, 0) is 6.42 Å². The van der Waals surface area contributed by atoms with Crippen molar-refractivity contribution in [1.82, 2.24) is 0 Å². The zero-order valence-corrected chi connectivity index (χ0v) is 7.88. The smallest absolute Gasteiger partial charge is 0.0991 e. The van der Waals surface area contributed by atoms with E-state index in [1.54, 1.807) is 0 Å². The number of rotatable bonds is 0. The van der Waals surface area contributed by atoms with Crippen LogP contribution in [0.2, 0.25) is 0 Å². The second-order valence-electron chi connectivity index (χ2n) is 3.82. The fourth-order valence-corrected chi connectivity index (χ4v) is 2.13. The number of hydrogen-bond acceptors (Lipinski definition) is 1. The number of aryl methyl sites for hydroxylation is 1. The lowest BCUT2D eigenvalue weighted by atomic mass is 9.83. The first-order valence-electron chi connectivity index (χ1n) is 4.84. The Morgan fingerprint density at radius 1 is 1.46 bits per heavy atom. The summed E-state index contributed by atoms with van der Waals surface area (Å²) >= 11 is 0. The van der Waals surface area contributed by atoms with Gasteiger partial charge in [0.15, 0.2) is 0 Å². The average Bonchev–Trinajstić information content (AvgIpc) is 2.18. The van der Waals surface area contributed by atoms with Crippen LogP contribution in [0.25, 0.3) is 0 Å². The third kappa shape index (κ3) is 1.45. The molecule has 0 amide bonds. The summed E-state index contributed by atoms with van der Waals surface area (Å²) in [4.78, 5) is 0. The fraction of sp³-hybridized carbons (Fsp3) is 0.417. The second kappa shape index (κ2) is 3.22. The number of fused-ring (bicyclic) bond motifs is 1. The van der Waals surface area contributed by atoms with E-state index in [1.807, 2.05) is 12.1 Å². The summed E-state index contributed by atoms with van der Waals surface area (Å²) < 4.78 is 0. The molecule has 1 aromatic carbocycles. The molecule has 1 nitrogen and oxygen atoms in total. The van der Waals surface area contributed by atoms with Crippen LogP contribution in [0, 0.1) is 11.3 Å². The molecule has 1 heteroatoms. The van der Waals surface area contributed by atoms with Crippen molar-refractivity contribution in [2.45, 2.75) is 32.1 Å². The molecule has 0 unspecified atom stereocenters. The van der Waals surface area contributed by atoms with E-state index >= 15 is 0 Å². The largest absolute Gasteiger partial charge is 0.192 e. The first kappa shape index (κ1) is 8.31. The summed E-state index contributed by atoms with van der Waals surface area (Å²) in [6, 6.07) is 8.29. The van der Waals surface area contributed by atoms with Crippen molar-refractivity contribution in [2.24, 2.45) is 0 Å². The van der Waals surface area contributed by atoms with Gasteiger partial charge in [0.25, 0.3) is 0 Å². The molecular formula is C12H13N. The van der Waals surface area contributed by atoms with Crippen molar-refractivity contribution < 1.29 is 0 Å². The van der Waals surface area contributed by atoms with E-state index < -0.39 is 0 Å². The Labute approximate surface area is 79.0 Å². The highest BCUT2D eigenvalue weighted by atomic mass is 14.3. The Kier molecular flexibility index (Phi) is 2.06. The highest BCUT2D eigenvalue weighted by molar-refractivity contribution is 5.40. The lowest BCUT2D eigenvalue weighted by molar-refractivity contribution is 0.590. The summed E-state index contributed by atoms with van der Waals surface area (Å²) in [7, 11) is 0. The zero-order valence-electron chi connectivity index (χ0n) is 7.88. The lowest BCUT2D eigenvalue weighted by Crippen LogP contribution is -2.06. The van der Waals surface area contributed by atoms with E-state index in [-0.39, 0.29) is 0 Å². The van der Waals surface area contributed by atoms with E-state index in [2.05, 4.69) is 19.1 Å². The molecule has 1 atom stereocenters. The molecule has 2 rings (SSSR count). The zero-order chi connectivity index (χ0) is 9.26. The number of benzene rings is 1. The van der Waals surface area contributed by atoms with Crippen LogP contribution >= 0.6 is 0 Å². The van der Waals surface area contributed by atoms with E-state index in [4.69, 9.17) is 5.26 Å². The summed E-state index contributed by atoms with van der Waals surface area (Å²) in [6.07, 6.45) is 3.71. The molecular weight excluding hydrogens is 158 g/mol. The highest BCUT2D eigenvalue weighted by Crippen LogP contribution is 2.31. The topological polar surface area (TPSA) is 23.8 Å². The van der Waals surface area contributed by atoms with Crippen LogP contribution in [-0.4, -0.2) is 0 Å². The standard InChI is InChI=1S/C12H13N/c1-9-3-2-4-11-7-10(8-13)5-6-12(9)11/h5-7,9H,2-4H2,1H3/t9-/m0/s1. The van der Waals surface area contributed by atoms with Crippen molar-refractivity contribution in [2.75, 3.05) is 0 Å². The SMILES string of the molecule is C[C@H]1CCCc2cc(C#N)ccc21. The molecule has 0 saturated heterocycles. The van der Waals surface area contributed by atoms with Crippen LogP contribution in [0.4, 0.5) is 0 Å². The Balaban J connectivity index is 2.47. The van der Waals surface area contributed by atoms with Gasteiger partial charge in [-0.25, -0.2) is 0 Å². The maximum atomic E-state index is 8.76. The Hall–Kier alpha value is -1.29. The van der Waals surface area contributed by atoms with Gasteiger partial charge in [-0.05, 0) is 48.4 Å². The Morgan fingerprint density at radius 2 is 2.31 bits per heavy atom. The van der Waals surface area contributed by atoms with Gasteiger partial charge < -0.3 is 0 Å². The molecule has 1 aliphatic rings. The molecule has 0 bridgehead atoms. The minimum atomic E-state index is 0.677. The molecule has 0 aliphatic heterocycles. The minimum Gasteiger partial charge on any atom is -0.192 e. The van der Waals surface area contributed by atoms with Crippen molar-refractivity contribution in [3.05, 3.63) is 34.9 Å². The third-order valence-corrected chi connectivity index (χ3v) is 2.89. The van der Waals surface area contributed by atoms with Gasteiger partial charge in [0.2, 0.25) is 0 Å². The molecule has 0 saturated carbocycles. The van der Waals surface area contributed by atoms with Gasteiger partial charge in [0.05, 0.1) is 11.6 Å². The molecule has 0 N–H and O–H groups in total. The van der Waals surface area contributed by atoms with Crippen LogP contribution in [0.5, 0.6) is 0 Å². The average molecular weight is 171 g/mol. The molecule has 0 radical (unpaired) electrons. The molecule has 0 fully saturated rings. The van der Waals surface area contributed by atoms with Crippen molar-refractivity contribution in [1.29, 1.82) is 5.26 Å². The number of hydrogen-bond donors (Lipinski definition) is 0. The molecule has 66 valence electrons. The second-order valence-corrected chi connectivity index (χ2v) is 3.82. The van der Waals surface area contributed by atoms with Gasteiger partial charge in [-0.2, -0.15) is 5.26 Å². The number of nitriles is 1. The first-order valence-corrected chi connectivity index (χ1v) is 4.84. The molecule has 13 heavy (non-hydrogen) atoms. The monoisotopic (exact) mass is 171 g/mol. The lowest BCUT2D eigenvalue weighted by Gasteiger charge is -2.21. The molecule has 1 aromatic rings. The van der Waals surface area contributed by atoms with Gasteiger partial charge in [-0.15, -0.1) is 0 Å². The quantitative estimate of drug-likeness (QED) is 0.588. The molecule has 1 aliphatic carbocycles. The maximum Gasteiger partial charge on any atom is 0.0991 e. The Morgan fingerprint density at radius 3 is 3.08 bits per heavy atom. The van der Waals surface area contributed by atoms with Crippen molar-refractivity contribution in [3.8, 4) is 6.07 Å². The molecule has 0 aromatic heterocycles.